The quantitative estimate of drug-likeness (QED) is 0.782. The number of rotatable bonds is 8. The zero-order chi connectivity index (χ0) is 13.4. The zero-order valence-electron chi connectivity index (χ0n) is 11.8. The van der Waals surface area contributed by atoms with E-state index in [1.807, 2.05) is 24.2 Å². The SMILES string of the molecule is CCNCc1cnc(N(C)C(CC)CSC)cn1. The van der Waals surface area contributed by atoms with Crippen molar-refractivity contribution in [1.82, 2.24) is 15.3 Å². The highest BCUT2D eigenvalue weighted by Crippen LogP contribution is 2.15. The lowest BCUT2D eigenvalue weighted by atomic mass is 10.2. The summed E-state index contributed by atoms with van der Waals surface area (Å²) in [5.41, 5.74) is 0.993. The lowest BCUT2D eigenvalue weighted by molar-refractivity contribution is 0.660. The van der Waals surface area contributed by atoms with Gasteiger partial charge < -0.3 is 10.2 Å². The Kier molecular flexibility index (Phi) is 7.05. The zero-order valence-corrected chi connectivity index (χ0v) is 12.6. The Hall–Kier alpha value is -0.810. The summed E-state index contributed by atoms with van der Waals surface area (Å²) >= 11 is 1.87. The first kappa shape index (κ1) is 15.2. The molecule has 1 aromatic rings. The van der Waals surface area contributed by atoms with Crippen molar-refractivity contribution in [2.24, 2.45) is 0 Å². The molecule has 1 heterocycles. The van der Waals surface area contributed by atoms with Gasteiger partial charge in [-0.2, -0.15) is 11.8 Å². The third-order valence-corrected chi connectivity index (χ3v) is 3.71. The van der Waals surface area contributed by atoms with E-state index in [0.29, 0.717) is 6.04 Å². The van der Waals surface area contributed by atoms with Crippen molar-refractivity contribution in [3.05, 3.63) is 18.1 Å². The minimum atomic E-state index is 0.522. The molecule has 1 atom stereocenters. The van der Waals surface area contributed by atoms with Crippen LogP contribution in [0, 0.1) is 0 Å². The van der Waals surface area contributed by atoms with Gasteiger partial charge in [0.2, 0.25) is 0 Å². The minimum absolute atomic E-state index is 0.522. The molecule has 0 aliphatic carbocycles. The van der Waals surface area contributed by atoms with Crippen molar-refractivity contribution < 1.29 is 0 Å². The average molecular weight is 268 g/mol. The molecule has 0 saturated heterocycles. The van der Waals surface area contributed by atoms with E-state index in [1.54, 1.807) is 0 Å². The molecule has 0 aliphatic heterocycles. The van der Waals surface area contributed by atoms with E-state index in [2.05, 4.69) is 47.3 Å². The largest absolute Gasteiger partial charge is 0.355 e. The highest BCUT2D eigenvalue weighted by atomic mass is 32.2. The lowest BCUT2D eigenvalue weighted by Gasteiger charge is -2.27. The minimum Gasteiger partial charge on any atom is -0.355 e. The van der Waals surface area contributed by atoms with Crippen molar-refractivity contribution in [3.8, 4) is 0 Å². The maximum atomic E-state index is 4.50. The molecule has 0 spiro atoms. The molecule has 0 amide bonds. The fourth-order valence-corrected chi connectivity index (χ4v) is 2.60. The first-order valence-corrected chi connectivity index (χ1v) is 7.85. The van der Waals surface area contributed by atoms with Gasteiger partial charge in [0, 0.05) is 25.4 Å². The van der Waals surface area contributed by atoms with E-state index < -0.39 is 0 Å². The van der Waals surface area contributed by atoms with Gasteiger partial charge in [-0.3, -0.25) is 4.98 Å². The maximum Gasteiger partial charge on any atom is 0.147 e. The number of anilines is 1. The molecule has 1 rings (SSSR count). The van der Waals surface area contributed by atoms with Gasteiger partial charge in [-0.15, -0.1) is 0 Å². The lowest BCUT2D eigenvalue weighted by Crippen LogP contribution is -2.33. The number of aromatic nitrogens is 2. The normalized spacial score (nSPS) is 12.4. The summed E-state index contributed by atoms with van der Waals surface area (Å²) in [6.07, 6.45) is 7.00. The third kappa shape index (κ3) is 4.46. The Labute approximate surface area is 115 Å². The molecule has 18 heavy (non-hydrogen) atoms. The standard InChI is InChI=1S/C13H24N4S/c1-5-12(10-18-4)17(3)13-9-15-11(8-16-13)7-14-6-2/h8-9,12,14H,5-7,10H2,1-4H3. The van der Waals surface area contributed by atoms with Gasteiger partial charge >= 0.3 is 0 Å². The monoisotopic (exact) mass is 268 g/mol. The fourth-order valence-electron chi connectivity index (χ4n) is 1.76. The smallest absolute Gasteiger partial charge is 0.147 e. The van der Waals surface area contributed by atoms with Crippen LogP contribution in [-0.4, -0.2) is 41.6 Å². The second-order valence-corrected chi connectivity index (χ2v) is 5.19. The summed E-state index contributed by atoms with van der Waals surface area (Å²) in [6.45, 7) is 6.04. The van der Waals surface area contributed by atoms with Gasteiger partial charge in [0.1, 0.15) is 5.82 Å². The van der Waals surface area contributed by atoms with E-state index >= 15 is 0 Å². The van der Waals surface area contributed by atoms with E-state index in [0.717, 1.165) is 36.8 Å². The summed E-state index contributed by atoms with van der Waals surface area (Å²) in [7, 11) is 2.10. The number of nitrogens with zero attached hydrogens (tertiary/aromatic N) is 3. The maximum absolute atomic E-state index is 4.50. The number of thioether (sulfide) groups is 1. The van der Waals surface area contributed by atoms with E-state index in [9.17, 15) is 0 Å². The van der Waals surface area contributed by atoms with Gasteiger partial charge in [-0.25, -0.2) is 4.98 Å². The van der Waals surface area contributed by atoms with Crippen LogP contribution in [0.3, 0.4) is 0 Å². The van der Waals surface area contributed by atoms with Crippen LogP contribution in [0.15, 0.2) is 12.4 Å². The Morgan fingerprint density at radius 2 is 2.11 bits per heavy atom. The molecule has 0 saturated carbocycles. The predicted molar refractivity (Wildman–Crippen MR) is 80.3 cm³/mol. The summed E-state index contributed by atoms with van der Waals surface area (Å²) in [5, 5.41) is 3.25. The molecule has 0 aliphatic rings. The van der Waals surface area contributed by atoms with Crippen LogP contribution in [0.1, 0.15) is 26.0 Å². The van der Waals surface area contributed by atoms with Gasteiger partial charge in [0.25, 0.3) is 0 Å². The molecule has 102 valence electrons. The summed E-state index contributed by atoms with van der Waals surface area (Å²) < 4.78 is 0. The molecule has 0 radical (unpaired) electrons. The van der Waals surface area contributed by atoms with Crippen molar-refractivity contribution in [1.29, 1.82) is 0 Å². The van der Waals surface area contributed by atoms with E-state index in [1.165, 1.54) is 0 Å². The first-order valence-electron chi connectivity index (χ1n) is 6.46. The first-order chi connectivity index (χ1) is 8.72. The molecule has 1 N–H and O–H groups in total. The molecule has 0 aromatic carbocycles. The fraction of sp³-hybridized carbons (Fsp3) is 0.692. The van der Waals surface area contributed by atoms with Gasteiger partial charge in [0.15, 0.2) is 0 Å². The Balaban J connectivity index is 2.65. The molecular formula is C13H24N4S. The molecule has 4 nitrogen and oxygen atoms in total. The summed E-state index contributed by atoms with van der Waals surface area (Å²) in [5.74, 6) is 2.07. The highest BCUT2D eigenvalue weighted by molar-refractivity contribution is 7.98. The summed E-state index contributed by atoms with van der Waals surface area (Å²) in [4.78, 5) is 11.2. The number of hydrogen-bond donors (Lipinski definition) is 1. The molecular weight excluding hydrogens is 244 g/mol. The molecule has 0 fully saturated rings. The van der Waals surface area contributed by atoms with E-state index in [4.69, 9.17) is 0 Å². The van der Waals surface area contributed by atoms with Crippen molar-refractivity contribution in [2.75, 3.05) is 30.5 Å². The number of nitrogens with one attached hydrogen (secondary N) is 1. The molecule has 0 bridgehead atoms. The average Bonchev–Trinajstić information content (AvgIpc) is 2.42. The van der Waals surface area contributed by atoms with Crippen molar-refractivity contribution in [3.63, 3.8) is 0 Å². The highest BCUT2D eigenvalue weighted by Gasteiger charge is 2.13. The molecule has 1 aromatic heterocycles. The van der Waals surface area contributed by atoms with Crippen LogP contribution in [0.5, 0.6) is 0 Å². The van der Waals surface area contributed by atoms with Crippen LogP contribution in [0.4, 0.5) is 5.82 Å². The topological polar surface area (TPSA) is 41.1 Å². The third-order valence-electron chi connectivity index (χ3n) is 2.99. The molecule has 1 unspecified atom stereocenters. The van der Waals surface area contributed by atoms with Gasteiger partial charge in [-0.05, 0) is 19.2 Å². The van der Waals surface area contributed by atoms with Crippen LogP contribution >= 0.6 is 11.8 Å². The van der Waals surface area contributed by atoms with Crippen molar-refractivity contribution >= 4 is 17.6 Å². The Morgan fingerprint density at radius 3 is 2.61 bits per heavy atom. The second kappa shape index (κ2) is 8.32. The Morgan fingerprint density at radius 1 is 1.33 bits per heavy atom. The van der Waals surface area contributed by atoms with Crippen LogP contribution in [0.2, 0.25) is 0 Å². The van der Waals surface area contributed by atoms with E-state index in [-0.39, 0.29) is 0 Å². The number of hydrogen-bond acceptors (Lipinski definition) is 5. The van der Waals surface area contributed by atoms with Gasteiger partial charge in [0.05, 0.1) is 18.1 Å². The molecule has 5 heteroatoms. The van der Waals surface area contributed by atoms with Crippen LogP contribution in [-0.2, 0) is 6.54 Å². The second-order valence-electron chi connectivity index (χ2n) is 4.27. The van der Waals surface area contributed by atoms with Gasteiger partial charge in [-0.1, -0.05) is 13.8 Å². The Bertz CT molecular complexity index is 328. The predicted octanol–water partition coefficient (Wildman–Crippen LogP) is 2.16. The summed E-state index contributed by atoms with van der Waals surface area (Å²) in [6, 6.07) is 0.522. The van der Waals surface area contributed by atoms with Crippen LogP contribution < -0.4 is 10.2 Å². The van der Waals surface area contributed by atoms with Crippen LogP contribution in [0.25, 0.3) is 0 Å². The van der Waals surface area contributed by atoms with Crippen molar-refractivity contribution in [2.45, 2.75) is 32.9 Å².